The van der Waals surface area contributed by atoms with Crippen LogP contribution in [0.4, 0.5) is 0 Å². The maximum atomic E-state index is 3.80. The molecule has 110 valence electrons. The van der Waals surface area contributed by atoms with Crippen molar-refractivity contribution >= 4 is 0 Å². The summed E-state index contributed by atoms with van der Waals surface area (Å²) in [6, 6.07) is 1.64. The lowest BCUT2D eigenvalue weighted by Gasteiger charge is -2.43. The number of likely N-dealkylation sites (tertiary alicyclic amines) is 1. The summed E-state index contributed by atoms with van der Waals surface area (Å²) in [7, 11) is 0. The average molecular weight is 264 g/mol. The second-order valence-electron chi connectivity index (χ2n) is 7.30. The minimum atomic E-state index is 0.779. The van der Waals surface area contributed by atoms with Crippen molar-refractivity contribution in [1.82, 2.24) is 10.2 Å². The predicted molar refractivity (Wildman–Crippen MR) is 81.4 cm³/mol. The van der Waals surface area contributed by atoms with E-state index in [1.54, 1.807) is 0 Å². The van der Waals surface area contributed by atoms with E-state index in [1.807, 2.05) is 0 Å². The van der Waals surface area contributed by atoms with Gasteiger partial charge in [-0.2, -0.15) is 0 Å². The number of piperidine rings is 1. The fraction of sp³-hybridized carbons (Fsp3) is 1.00. The maximum Gasteiger partial charge on any atom is 0.0249 e. The first-order valence-corrected chi connectivity index (χ1v) is 8.80. The summed E-state index contributed by atoms with van der Waals surface area (Å²) in [5, 5.41) is 3.80. The normalized spacial score (nSPS) is 35.2. The summed E-state index contributed by atoms with van der Waals surface area (Å²) in [5.74, 6) is 0. The lowest BCUT2D eigenvalue weighted by Crippen LogP contribution is -2.51. The zero-order valence-corrected chi connectivity index (χ0v) is 12.8. The monoisotopic (exact) mass is 264 g/mol. The molecule has 1 aliphatic heterocycles. The molecule has 19 heavy (non-hydrogen) atoms. The van der Waals surface area contributed by atoms with Gasteiger partial charge in [-0.05, 0) is 70.0 Å². The molecule has 0 radical (unpaired) electrons. The van der Waals surface area contributed by atoms with Gasteiger partial charge < -0.3 is 5.32 Å². The molecule has 1 N–H and O–H groups in total. The third-order valence-corrected chi connectivity index (χ3v) is 6.13. The van der Waals surface area contributed by atoms with Gasteiger partial charge in [0.05, 0.1) is 0 Å². The van der Waals surface area contributed by atoms with Gasteiger partial charge in [-0.15, -0.1) is 0 Å². The topological polar surface area (TPSA) is 15.3 Å². The van der Waals surface area contributed by atoms with E-state index < -0.39 is 0 Å². The molecule has 2 unspecified atom stereocenters. The van der Waals surface area contributed by atoms with Crippen molar-refractivity contribution in [2.75, 3.05) is 19.6 Å². The minimum Gasteiger partial charge on any atom is -0.312 e. The Kier molecular flexibility index (Phi) is 4.48. The first-order valence-electron chi connectivity index (χ1n) is 8.80. The van der Waals surface area contributed by atoms with Crippen LogP contribution in [0.2, 0.25) is 0 Å². The van der Waals surface area contributed by atoms with Gasteiger partial charge in [0.1, 0.15) is 0 Å². The van der Waals surface area contributed by atoms with Crippen LogP contribution in [0.5, 0.6) is 0 Å². The highest BCUT2D eigenvalue weighted by Crippen LogP contribution is 2.46. The summed E-state index contributed by atoms with van der Waals surface area (Å²) in [6.45, 7) is 6.25. The molecule has 2 nitrogen and oxygen atoms in total. The van der Waals surface area contributed by atoms with Gasteiger partial charge in [-0.3, -0.25) is 4.90 Å². The molecule has 3 rings (SSSR count). The lowest BCUT2D eigenvalue weighted by molar-refractivity contribution is 0.0681. The van der Waals surface area contributed by atoms with E-state index in [0.29, 0.717) is 0 Å². The summed E-state index contributed by atoms with van der Waals surface area (Å²) in [6.07, 6.45) is 14.6. The van der Waals surface area contributed by atoms with Gasteiger partial charge in [0, 0.05) is 12.1 Å². The highest BCUT2D eigenvalue weighted by Gasteiger charge is 2.40. The molecule has 2 heteroatoms. The second-order valence-corrected chi connectivity index (χ2v) is 7.30. The largest absolute Gasteiger partial charge is 0.312 e. The van der Waals surface area contributed by atoms with Crippen LogP contribution in [0.3, 0.4) is 0 Å². The van der Waals surface area contributed by atoms with Crippen LogP contribution in [-0.4, -0.2) is 36.6 Å². The Morgan fingerprint density at radius 1 is 1.00 bits per heavy atom. The SMILES string of the molecule is CCCNC1CCCC1N1CCC2(CCCC2)CC1. The minimum absolute atomic E-state index is 0.779. The van der Waals surface area contributed by atoms with Gasteiger partial charge >= 0.3 is 0 Å². The molecule has 0 aromatic heterocycles. The molecule has 2 saturated carbocycles. The van der Waals surface area contributed by atoms with E-state index in [9.17, 15) is 0 Å². The Morgan fingerprint density at radius 2 is 1.74 bits per heavy atom. The molecule has 0 aromatic rings. The second kappa shape index (κ2) is 6.13. The van der Waals surface area contributed by atoms with Crippen LogP contribution >= 0.6 is 0 Å². The van der Waals surface area contributed by atoms with Gasteiger partial charge in [0.2, 0.25) is 0 Å². The molecule has 1 saturated heterocycles. The van der Waals surface area contributed by atoms with Crippen LogP contribution in [0, 0.1) is 5.41 Å². The first-order chi connectivity index (χ1) is 9.33. The Bertz CT molecular complexity index is 273. The standard InChI is InChI=1S/C17H32N2/c1-2-12-18-15-6-5-7-16(15)19-13-10-17(11-14-19)8-3-4-9-17/h15-16,18H,2-14H2,1H3. The van der Waals surface area contributed by atoms with Crippen molar-refractivity contribution in [2.45, 2.75) is 83.2 Å². The Balaban J connectivity index is 1.52. The van der Waals surface area contributed by atoms with Gasteiger partial charge in [0.15, 0.2) is 0 Å². The average Bonchev–Trinajstić information content (AvgIpc) is 3.07. The number of nitrogens with zero attached hydrogens (tertiary/aromatic N) is 1. The summed E-state index contributed by atoms with van der Waals surface area (Å²) in [5.41, 5.74) is 0.779. The Labute approximate surface area is 119 Å². The van der Waals surface area contributed by atoms with E-state index in [2.05, 4.69) is 17.1 Å². The van der Waals surface area contributed by atoms with Gasteiger partial charge in [0.25, 0.3) is 0 Å². The predicted octanol–water partition coefficient (Wildman–Crippen LogP) is 3.56. The van der Waals surface area contributed by atoms with Crippen molar-refractivity contribution in [2.24, 2.45) is 5.41 Å². The third-order valence-electron chi connectivity index (χ3n) is 6.13. The Hall–Kier alpha value is -0.0800. The molecule has 0 bridgehead atoms. The van der Waals surface area contributed by atoms with E-state index in [-0.39, 0.29) is 0 Å². The molecule has 3 fully saturated rings. The van der Waals surface area contributed by atoms with Crippen molar-refractivity contribution in [1.29, 1.82) is 0 Å². The smallest absolute Gasteiger partial charge is 0.0249 e. The summed E-state index contributed by atoms with van der Waals surface area (Å²) < 4.78 is 0. The quantitative estimate of drug-likeness (QED) is 0.835. The maximum absolute atomic E-state index is 3.80. The molecule has 1 heterocycles. The summed E-state index contributed by atoms with van der Waals surface area (Å²) in [4.78, 5) is 2.84. The fourth-order valence-corrected chi connectivity index (χ4v) is 4.90. The van der Waals surface area contributed by atoms with Crippen LogP contribution in [0.25, 0.3) is 0 Å². The molecular formula is C17H32N2. The molecular weight excluding hydrogens is 232 g/mol. The van der Waals surface area contributed by atoms with Crippen LogP contribution < -0.4 is 5.32 Å². The van der Waals surface area contributed by atoms with E-state index in [1.165, 1.54) is 83.8 Å². The zero-order chi connectivity index (χ0) is 13.1. The van der Waals surface area contributed by atoms with Crippen molar-refractivity contribution in [3.8, 4) is 0 Å². The molecule has 2 atom stereocenters. The van der Waals surface area contributed by atoms with E-state index in [0.717, 1.165) is 17.5 Å². The van der Waals surface area contributed by atoms with E-state index in [4.69, 9.17) is 0 Å². The van der Waals surface area contributed by atoms with Gasteiger partial charge in [-0.1, -0.05) is 26.2 Å². The highest BCUT2D eigenvalue weighted by atomic mass is 15.2. The fourth-order valence-electron chi connectivity index (χ4n) is 4.90. The number of rotatable bonds is 4. The molecule has 0 amide bonds. The lowest BCUT2D eigenvalue weighted by atomic mass is 9.76. The zero-order valence-electron chi connectivity index (χ0n) is 12.8. The first kappa shape index (κ1) is 13.9. The number of hydrogen-bond acceptors (Lipinski definition) is 2. The van der Waals surface area contributed by atoms with Crippen molar-refractivity contribution < 1.29 is 0 Å². The summed E-state index contributed by atoms with van der Waals surface area (Å²) >= 11 is 0. The molecule has 1 spiro atoms. The third kappa shape index (κ3) is 3.00. The molecule has 2 aliphatic carbocycles. The Morgan fingerprint density at radius 3 is 2.42 bits per heavy atom. The van der Waals surface area contributed by atoms with Crippen LogP contribution in [0.15, 0.2) is 0 Å². The highest BCUT2D eigenvalue weighted by molar-refractivity contribution is 4.96. The van der Waals surface area contributed by atoms with Crippen LogP contribution in [-0.2, 0) is 0 Å². The molecule has 3 aliphatic rings. The van der Waals surface area contributed by atoms with Crippen molar-refractivity contribution in [3.05, 3.63) is 0 Å². The number of hydrogen-bond donors (Lipinski definition) is 1. The van der Waals surface area contributed by atoms with Crippen LogP contribution in [0.1, 0.15) is 71.1 Å². The molecule has 0 aromatic carbocycles. The van der Waals surface area contributed by atoms with E-state index >= 15 is 0 Å². The van der Waals surface area contributed by atoms with Gasteiger partial charge in [-0.25, -0.2) is 0 Å². The van der Waals surface area contributed by atoms with Crippen molar-refractivity contribution in [3.63, 3.8) is 0 Å². The number of nitrogens with one attached hydrogen (secondary N) is 1.